The number of amides is 2. The molecule has 2 amide bonds. The van der Waals surface area contributed by atoms with Gasteiger partial charge in [-0.25, -0.2) is 4.79 Å². The highest BCUT2D eigenvalue weighted by molar-refractivity contribution is 5.75. The molecule has 1 fully saturated rings. The average Bonchev–Trinajstić information content (AvgIpc) is 3.30. The molecular weight excluding hydrogens is 276 g/mol. The van der Waals surface area contributed by atoms with Gasteiger partial charge in [-0.05, 0) is 63.1 Å². The summed E-state index contributed by atoms with van der Waals surface area (Å²) < 4.78 is 0. The predicted octanol–water partition coefficient (Wildman–Crippen LogP) is 3.14. The van der Waals surface area contributed by atoms with Crippen molar-refractivity contribution in [1.82, 2.24) is 10.2 Å². The number of rotatable bonds is 7. The summed E-state index contributed by atoms with van der Waals surface area (Å²) in [6.07, 6.45) is 3.74. The molecule has 0 spiro atoms. The van der Waals surface area contributed by atoms with Crippen molar-refractivity contribution in [3.63, 3.8) is 0 Å². The van der Waals surface area contributed by atoms with Crippen LogP contribution in [0.15, 0.2) is 18.2 Å². The molecule has 4 nitrogen and oxygen atoms in total. The van der Waals surface area contributed by atoms with Crippen LogP contribution in [0.25, 0.3) is 0 Å². The fourth-order valence-corrected chi connectivity index (χ4v) is 2.61. The van der Waals surface area contributed by atoms with Crippen molar-refractivity contribution >= 4 is 6.03 Å². The van der Waals surface area contributed by atoms with Crippen LogP contribution >= 0.6 is 0 Å². The zero-order chi connectivity index (χ0) is 16.1. The lowest BCUT2D eigenvalue weighted by Gasteiger charge is -2.25. The van der Waals surface area contributed by atoms with Crippen molar-refractivity contribution in [2.24, 2.45) is 0 Å². The molecule has 1 saturated carbocycles. The number of nitrogens with one attached hydrogen (secondary N) is 1. The fourth-order valence-electron chi connectivity index (χ4n) is 2.61. The quantitative estimate of drug-likeness (QED) is 0.813. The van der Waals surface area contributed by atoms with Gasteiger partial charge in [0, 0.05) is 25.2 Å². The van der Waals surface area contributed by atoms with Crippen molar-refractivity contribution in [1.29, 1.82) is 0 Å². The molecule has 122 valence electrons. The topological polar surface area (TPSA) is 52.6 Å². The van der Waals surface area contributed by atoms with Gasteiger partial charge in [0.25, 0.3) is 0 Å². The Hall–Kier alpha value is -1.55. The maximum atomic E-state index is 12.5. The van der Waals surface area contributed by atoms with Crippen LogP contribution in [0.5, 0.6) is 0 Å². The van der Waals surface area contributed by atoms with Gasteiger partial charge in [0.15, 0.2) is 0 Å². The number of hydrogen-bond acceptors (Lipinski definition) is 2. The van der Waals surface area contributed by atoms with Gasteiger partial charge in [-0.1, -0.05) is 18.2 Å². The largest absolute Gasteiger partial charge is 0.396 e. The Morgan fingerprint density at radius 2 is 2.09 bits per heavy atom. The third-order valence-electron chi connectivity index (χ3n) is 4.34. The van der Waals surface area contributed by atoms with Gasteiger partial charge in [0.05, 0.1) is 0 Å². The van der Waals surface area contributed by atoms with E-state index in [0.29, 0.717) is 12.6 Å². The van der Waals surface area contributed by atoms with Gasteiger partial charge in [0.2, 0.25) is 0 Å². The van der Waals surface area contributed by atoms with Crippen molar-refractivity contribution in [3.8, 4) is 0 Å². The standard InChI is InChI=1S/C18H28N2O2/c1-13-6-7-16(11-14(13)2)12-20(17-8-9-17)18(22)19-15(3)5-4-10-21/h6-7,11,15,17,21H,4-5,8-10,12H2,1-3H3,(H,19,22). The molecule has 0 saturated heterocycles. The highest BCUT2D eigenvalue weighted by Crippen LogP contribution is 2.28. The van der Waals surface area contributed by atoms with Gasteiger partial charge in [0.1, 0.15) is 0 Å². The van der Waals surface area contributed by atoms with Crippen LogP contribution in [-0.2, 0) is 6.54 Å². The van der Waals surface area contributed by atoms with Crippen LogP contribution in [0.2, 0.25) is 0 Å². The van der Waals surface area contributed by atoms with E-state index in [9.17, 15) is 4.79 Å². The number of urea groups is 1. The SMILES string of the molecule is Cc1ccc(CN(C(=O)NC(C)CCCO)C2CC2)cc1C. The Balaban J connectivity index is 1.97. The molecule has 1 unspecified atom stereocenters. The third kappa shape index (κ3) is 4.73. The van der Waals surface area contributed by atoms with Crippen LogP contribution in [-0.4, -0.2) is 34.7 Å². The molecule has 1 atom stereocenters. The summed E-state index contributed by atoms with van der Waals surface area (Å²) in [5.74, 6) is 0. The Labute approximate surface area is 133 Å². The van der Waals surface area contributed by atoms with E-state index in [0.717, 1.165) is 25.7 Å². The van der Waals surface area contributed by atoms with Crippen LogP contribution in [0.1, 0.15) is 49.3 Å². The summed E-state index contributed by atoms with van der Waals surface area (Å²) in [6.45, 7) is 7.05. The number of benzene rings is 1. The molecule has 0 heterocycles. The smallest absolute Gasteiger partial charge is 0.318 e. The van der Waals surface area contributed by atoms with Gasteiger partial charge >= 0.3 is 6.03 Å². The van der Waals surface area contributed by atoms with E-state index in [-0.39, 0.29) is 18.7 Å². The first-order valence-corrected chi connectivity index (χ1v) is 8.25. The first kappa shape index (κ1) is 16.8. The number of carbonyl (C=O) groups is 1. The third-order valence-corrected chi connectivity index (χ3v) is 4.34. The van der Waals surface area contributed by atoms with E-state index in [2.05, 4.69) is 37.4 Å². The number of hydrogen-bond donors (Lipinski definition) is 2. The lowest BCUT2D eigenvalue weighted by molar-refractivity contribution is 0.186. The molecule has 1 aliphatic rings. The monoisotopic (exact) mass is 304 g/mol. The van der Waals surface area contributed by atoms with E-state index in [1.165, 1.54) is 16.7 Å². The number of nitrogens with zero attached hydrogens (tertiary/aromatic N) is 1. The minimum absolute atomic E-state index is 0.0196. The minimum Gasteiger partial charge on any atom is -0.396 e. The molecule has 0 aliphatic heterocycles. The highest BCUT2D eigenvalue weighted by atomic mass is 16.3. The maximum Gasteiger partial charge on any atom is 0.318 e. The van der Waals surface area contributed by atoms with Crippen LogP contribution in [0, 0.1) is 13.8 Å². The Bertz CT molecular complexity index is 512. The van der Waals surface area contributed by atoms with Crippen molar-refractivity contribution in [2.45, 2.75) is 65.1 Å². The number of aliphatic hydroxyl groups excluding tert-OH is 1. The first-order valence-electron chi connectivity index (χ1n) is 8.25. The second kappa shape index (κ2) is 7.63. The number of aliphatic hydroxyl groups is 1. The molecule has 0 aromatic heterocycles. The Morgan fingerprint density at radius 1 is 1.36 bits per heavy atom. The molecular formula is C18H28N2O2. The second-order valence-corrected chi connectivity index (χ2v) is 6.49. The fraction of sp³-hybridized carbons (Fsp3) is 0.611. The lowest BCUT2D eigenvalue weighted by atomic mass is 10.1. The van der Waals surface area contributed by atoms with Crippen molar-refractivity contribution in [3.05, 3.63) is 34.9 Å². The lowest BCUT2D eigenvalue weighted by Crippen LogP contribution is -2.44. The van der Waals surface area contributed by atoms with Crippen LogP contribution in [0.3, 0.4) is 0 Å². The zero-order valence-corrected chi connectivity index (χ0v) is 13.9. The molecule has 2 N–H and O–H groups in total. The summed E-state index contributed by atoms with van der Waals surface area (Å²) in [5.41, 5.74) is 3.74. The Kier molecular flexibility index (Phi) is 5.83. The average molecular weight is 304 g/mol. The molecule has 0 bridgehead atoms. The van der Waals surface area contributed by atoms with E-state index in [1.807, 2.05) is 11.8 Å². The molecule has 1 aromatic rings. The van der Waals surface area contributed by atoms with Crippen molar-refractivity contribution < 1.29 is 9.90 Å². The number of aryl methyl sites for hydroxylation is 2. The molecule has 4 heteroatoms. The van der Waals surface area contributed by atoms with Gasteiger partial charge in [-0.3, -0.25) is 0 Å². The van der Waals surface area contributed by atoms with E-state index in [4.69, 9.17) is 5.11 Å². The highest BCUT2D eigenvalue weighted by Gasteiger charge is 2.33. The summed E-state index contributed by atoms with van der Waals surface area (Å²) in [5, 5.41) is 11.9. The minimum atomic E-state index is 0.0196. The Morgan fingerprint density at radius 3 is 2.68 bits per heavy atom. The zero-order valence-electron chi connectivity index (χ0n) is 13.9. The van der Waals surface area contributed by atoms with E-state index >= 15 is 0 Å². The molecule has 1 aliphatic carbocycles. The molecule has 1 aromatic carbocycles. The molecule has 0 radical (unpaired) electrons. The van der Waals surface area contributed by atoms with Gasteiger partial charge in [-0.2, -0.15) is 0 Å². The predicted molar refractivity (Wildman–Crippen MR) is 88.8 cm³/mol. The van der Waals surface area contributed by atoms with Crippen LogP contribution in [0.4, 0.5) is 4.79 Å². The summed E-state index contributed by atoms with van der Waals surface area (Å²) in [4.78, 5) is 14.5. The van der Waals surface area contributed by atoms with E-state index in [1.54, 1.807) is 0 Å². The van der Waals surface area contributed by atoms with Gasteiger partial charge in [-0.15, -0.1) is 0 Å². The molecule has 2 rings (SSSR count). The summed E-state index contributed by atoms with van der Waals surface area (Å²) in [7, 11) is 0. The normalized spacial score (nSPS) is 15.5. The number of carbonyl (C=O) groups excluding carboxylic acids is 1. The van der Waals surface area contributed by atoms with E-state index < -0.39 is 0 Å². The van der Waals surface area contributed by atoms with Crippen molar-refractivity contribution in [2.75, 3.05) is 6.61 Å². The maximum absolute atomic E-state index is 12.5. The first-order chi connectivity index (χ1) is 10.5. The second-order valence-electron chi connectivity index (χ2n) is 6.49. The van der Waals surface area contributed by atoms with Gasteiger partial charge < -0.3 is 15.3 Å². The summed E-state index contributed by atoms with van der Waals surface area (Å²) in [6, 6.07) is 6.91. The van der Waals surface area contributed by atoms with Crippen LogP contribution < -0.4 is 5.32 Å². The summed E-state index contributed by atoms with van der Waals surface area (Å²) >= 11 is 0. The molecule has 22 heavy (non-hydrogen) atoms.